The molecule has 0 aliphatic rings. The molecule has 21 heavy (non-hydrogen) atoms. The van der Waals surface area contributed by atoms with Crippen molar-refractivity contribution in [3.05, 3.63) is 33.8 Å². The van der Waals surface area contributed by atoms with Crippen LogP contribution in [0.3, 0.4) is 0 Å². The number of nitrogens with zero attached hydrogens (tertiary/aromatic N) is 1. The average Bonchev–Trinajstić information content (AvgIpc) is 2.49. The summed E-state index contributed by atoms with van der Waals surface area (Å²) in [5.74, 6) is 0.505. The quantitative estimate of drug-likeness (QED) is 0.695. The number of hydrogen-bond acceptors (Lipinski definition) is 3. The smallest absolute Gasteiger partial charge is 0.257 e. The van der Waals surface area contributed by atoms with Crippen molar-refractivity contribution in [2.24, 2.45) is 0 Å². The largest absolute Gasteiger partial charge is 0.466 e. The van der Waals surface area contributed by atoms with E-state index in [4.69, 9.17) is 9.47 Å². The molecule has 0 saturated carbocycles. The van der Waals surface area contributed by atoms with Crippen molar-refractivity contribution in [3.63, 3.8) is 0 Å². The van der Waals surface area contributed by atoms with Gasteiger partial charge in [0.2, 0.25) is 0 Å². The van der Waals surface area contributed by atoms with Crippen LogP contribution in [0.5, 0.6) is 5.75 Å². The fourth-order valence-electron chi connectivity index (χ4n) is 2.02. The monoisotopic (exact) mass is 355 g/mol. The summed E-state index contributed by atoms with van der Waals surface area (Å²) >= 11 is 3.50. The zero-order valence-electron chi connectivity index (χ0n) is 13.0. The molecule has 4 nitrogen and oxygen atoms in total. The second-order valence-electron chi connectivity index (χ2n) is 4.37. The predicted molar refractivity (Wildman–Crippen MR) is 88.6 cm³/mol. The van der Waals surface area contributed by atoms with E-state index in [9.17, 15) is 4.79 Å². The Kier molecular flexibility index (Phi) is 7.47. The van der Waals surface area contributed by atoms with Gasteiger partial charge in [0, 0.05) is 30.2 Å². The van der Waals surface area contributed by atoms with Crippen molar-refractivity contribution < 1.29 is 14.3 Å². The number of benzene rings is 1. The molecule has 0 radical (unpaired) electrons. The first-order valence-electron chi connectivity index (χ1n) is 6.96. The van der Waals surface area contributed by atoms with E-state index in [1.807, 2.05) is 39.0 Å². The number of methoxy groups -OCH3 is 1. The minimum atomic E-state index is -0.0376. The molecule has 1 aromatic rings. The van der Waals surface area contributed by atoms with Gasteiger partial charge in [0.15, 0.2) is 6.79 Å². The Morgan fingerprint density at radius 3 is 2.52 bits per heavy atom. The molecule has 1 aromatic carbocycles. The van der Waals surface area contributed by atoms with E-state index in [0.717, 1.165) is 10.0 Å². The average molecular weight is 356 g/mol. The predicted octanol–water partition coefficient (Wildman–Crippen LogP) is 3.95. The molecule has 0 spiro atoms. The first-order chi connectivity index (χ1) is 10.1. The van der Waals surface area contributed by atoms with Gasteiger partial charge in [-0.2, -0.15) is 0 Å². The molecular formula is C16H22BrNO3. The number of carbonyl (C=O) groups excluding carboxylic acids is 1. The lowest BCUT2D eigenvalue weighted by atomic mass is 10.1. The minimum absolute atomic E-state index is 0.0376. The fraction of sp³-hybridized carbons (Fsp3) is 0.438. The molecule has 0 bridgehead atoms. The molecule has 0 saturated heterocycles. The van der Waals surface area contributed by atoms with Crippen molar-refractivity contribution in [2.75, 3.05) is 27.0 Å². The van der Waals surface area contributed by atoms with Crippen LogP contribution < -0.4 is 4.74 Å². The third-order valence-electron chi connectivity index (χ3n) is 3.08. The van der Waals surface area contributed by atoms with Crippen molar-refractivity contribution in [2.45, 2.75) is 20.8 Å². The normalized spacial score (nSPS) is 10.9. The highest BCUT2D eigenvalue weighted by molar-refractivity contribution is 9.10. The third kappa shape index (κ3) is 4.32. The Hall–Kier alpha value is -1.33. The van der Waals surface area contributed by atoms with Crippen LogP contribution >= 0.6 is 15.9 Å². The maximum Gasteiger partial charge on any atom is 0.257 e. The van der Waals surface area contributed by atoms with E-state index in [1.54, 1.807) is 18.1 Å². The van der Waals surface area contributed by atoms with Crippen LogP contribution in [-0.4, -0.2) is 37.8 Å². The lowest BCUT2D eigenvalue weighted by Crippen LogP contribution is -2.31. The van der Waals surface area contributed by atoms with E-state index in [0.29, 0.717) is 24.4 Å². The van der Waals surface area contributed by atoms with Gasteiger partial charge in [0.1, 0.15) is 5.75 Å². The van der Waals surface area contributed by atoms with E-state index < -0.39 is 0 Å². The van der Waals surface area contributed by atoms with Crippen molar-refractivity contribution >= 4 is 27.9 Å². The Morgan fingerprint density at radius 2 is 2.00 bits per heavy atom. The molecule has 1 amide bonds. The molecule has 0 heterocycles. The zero-order valence-corrected chi connectivity index (χ0v) is 14.6. The van der Waals surface area contributed by atoms with E-state index in [2.05, 4.69) is 15.9 Å². The molecule has 0 fully saturated rings. The van der Waals surface area contributed by atoms with Crippen LogP contribution in [-0.2, 0) is 4.74 Å². The Labute approximate surface area is 134 Å². The number of ether oxygens (including phenoxy) is 2. The lowest BCUT2D eigenvalue weighted by molar-refractivity contribution is 0.0490. The Morgan fingerprint density at radius 1 is 1.33 bits per heavy atom. The highest BCUT2D eigenvalue weighted by Gasteiger charge is 2.21. The summed E-state index contributed by atoms with van der Waals surface area (Å²) in [6, 6.07) is 3.65. The first-order valence-corrected chi connectivity index (χ1v) is 7.76. The van der Waals surface area contributed by atoms with Crippen LogP contribution in [0.25, 0.3) is 6.08 Å². The summed E-state index contributed by atoms with van der Waals surface area (Å²) in [5.41, 5.74) is 1.39. The highest BCUT2D eigenvalue weighted by Crippen LogP contribution is 2.33. The molecule has 0 atom stereocenters. The lowest BCUT2D eigenvalue weighted by Gasteiger charge is -2.21. The molecular weight excluding hydrogens is 334 g/mol. The van der Waals surface area contributed by atoms with Crippen LogP contribution in [0.1, 0.15) is 36.7 Å². The summed E-state index contributed by atoms with van der Waals surface area (Å²) in [4.78, 5) is 14.4. The van der Waals surface area contributed by atoms with Gasteiger partial charge in [0.25, 0.3) is 5.91 Å². The molecule has 5 heteroatoms. The summed E-state index contributed by atoms with van der Waals surface area (Å²) in [7, 11) is 1.55. The molecule has 116 valence electrons. The molecule has 0 aliphatic heterocycles. The van der Waals surface area contributed by atoms with Gasteiger partial charge in [-0.3, -0.25) is 4.79 Å². The van der Waals surface area contributed by atoms with Gasteiger partial charge in [-0.1, -0.05) is 28.1 Å². The number of carbonyl (C=O) groups is 1. The van der Waals surface area contributed by atoms with Gasteiger partial charge in [0.05, 0.1) is 5.56 Å². The zero-order chi connectivity index (χ0) is 15.8. The van der Waals surface area contributed by atoms with Crippen LogP contribution in [0, 0.1) is 0 Å². The number of amides is 1. The molecule has 1 rings (SSSR count). The minimum Gasteiger partial charge on any atom is -0.466 e. The van der Waals surface area contributed by atoms with Gasteiger partial charge in [-0.25, -0.2) is 0 Å². The maximum absolute atomic E-state index is 12.6. The van der Waals surface area contributed by atoms with E-state index >= 15 is 0 Å². The number of allylic oxidation sites excluding steroid dienone is 1. The Balaban J connectivity index is 3.36. The van der Waals surface area contributed by atoms with Gasteiger partial charge >= 0.3 is 0 Å². The van der Waals surface area contributed by atoms with E-state index in [1.165, 1.54) is 0 Å². The summed E-state index contributed by atoms with van der Waals surface area (Å²) in [5, 5.41) is 0. The molecule has 0 aliphatic carbocycles. The summed E-state index contributed by atoms with van der Waals surface area (Å²) in [6.45, 7) is 7.26. The van der Waals surface area contributed by atoms with Gasteiger partial charge < -0.3 is 14.4 Å². The number of rotatable bonds is 7. The SMILES string of the molecule is C/C=C/c1c(Br)ccc(C(=O)N(CC)CC)c1OCOC. The summed E-state index contributed by atoms with van der Waals surface area (Å²) < 4.78 is 11.5. The second kappa shape index (κ2) is 8.85. The van der Waals surface area contributed by atoms with Crippen molar-refractivity contribution in [1.82, 2.24) is 4.90 Å². The van der Waals surface area contributed by atoms with Gasteiger partial charge in [-0.05, 0) is 32.9 Å². The molecule has 0 N–H and O–H groups in total. The Bertz CT molecular complexity index is 510. The molecule has 0 unspecified atom stereocenters. The third-order valence-corrected chi connectivity index (χ3v) is 3.77. The molecule has 0 aromatic heterocycles. The highest BCUT2D eigenvalue weighted by atomic mass is 79.9. The maximum atomic E-state index is 12.6. The van der Waals surface area contributed by atoms with Crippen LogP contribution in [0.15, 0.2) is 22.7 Å². The van der Waals surface area contributed by atoms with E-state index in [-0.39, 0.29) is 12.7 Å². The fourth-order valence-corrected chi connectivity index (χ4v) is 2.46. The first kappa shape index (κ1) is 17.7. The topological polar surface area (TPSA) is 38.8 Å². The van der Waals surface area contributed by atoms with Crippen molar-refractivity contribution in [1.29, 1.82) is 0 Å². The number of hydrogen-bond donors (Lipinski definition) is 0. The van der Waals surface area contributed by atoms with Crippen LogP contribution in [0.2, 0.25) is 0 Å². The van der Waals surface area contributed by atoms with Crippen molar-refractivity contribution in [3.8, 4) is 5.75 Å². The number of halogens is 1. The summed E-state index contributed by atoms with van der Waals surface area (Å²) in [6.07, 6.45) is 3.82. The second-order valence-corrected chi connectivity index (χ2v) is 5.22. The van der Waals surface area contributed by atoms with Gasteiger partial charge in [-0.15, -0.1) is 0 Å². The standard InChI is InChI=1S/C16H22BrNO3/c1-5-8-12-14(17)10-9-13(15(12)21-11-20-4)16(19)18(6-2)7-3/h5,8-10H,6-7,11H2,1-4H3/b8-5+. The van der Waals surface area contributed by atoms with Crippen LogP contribution in [0.4, 0.5) is 0 Å².